The predicted octanol–water partition coefficient (Wildman–Crippen LogP) is 1.80. The molecule has 1 aromatic rings. The Morgan fingerprint density at radius 3 is 2.93 bits per heavy atom. The fourth-order valence-electron chi connectivity index (χ4n) is 3.30. The minimum Gasteiger partial charge on any atom is -0.369 e. The third-order valence-electron chi connectivity index (χ3n) is 4.67. The number of carbonyl (C=O) groups excluding carboxylic acids is 1. The van der Waals surface area contributed by atoms with E-state index in [0.717, 1.165) is 57.3 Å². The summed E-state index contributed by atoms with van der Waals surface area (Å²) in [5.74, 6) is 1.73. The Balaban J connectivity index is 1.93. The van der Waals surface area contributed by atoms with Crippen molar-refractivity contribution in [1.29, 1.82) is 0 Å². The Hall–Kier alpha value is -1.73. The molecule has 1 atom stereocenters. The predicted molar refractivity (Wildman–Crippen MR) is 115 cm³/mol. The summed E-state index contributed by atoms with van der Waals surface area (Å²) in [5, 5.41) is 6.64. The number of nitrogens with two attached hydrogens (primary N) is 1. The summed E-state index contributed by atoms with van der Waals surface area (Å²) in [6.07, 6.45) is 4.05. The van der Waals surface area contributed by atoms with Gasteiger partial charge in [0.2, 0.25) is 5.91 Å². The molecule has 0 bridgehead atoms. The molecule has 7 heteroatoms. The summed E-state index contributed by atoms with van der Waals surface area (Å²) in [6.45, 7) is 7.12. The van der Waals surface area contributed by atoms with Crippen molar-refractivity contribution in [2.24, 2.45) is 16.6 Å². The van der Waals surface area contributed by atoms with Crippen LogP contribution in [-0.2, 0) is 17.9 Å². The molecule has 1 aliphatic rings. The number of hydrogen-bond donors (Lipinski definition) is 3. The number of piperidine rings is 1. The minimum atomic E-state index is -0.173. The summed E-state index contributed by atoms with van der Waals surface area (Å²) in [5.41, 5.74) is 7.94. The van der Waals surface area contributed by atoms with E-state index < -0.39 is 0 Å². The molecule has 1 aromatic carbocycles. The summed E-state index contributed by atoms with van der Waals surface area (Å²) in [4.78, 5) is 18.5. The number of nitrogens with zero attached hydrogens (tertiary/aromatic N) is 2. The van der Waals surface area contributed by atoms with Crippen LogP contribution in [0, 0.1) is 5.92 Å². The fourth-order valence-corrected chi connectivity index (χ4v) is 3.61. The first kappa shape index (κ1) is 21.6. The Morgan fingerprint density at radius 2 is 2.19 bits per heavy atom. The van der Waals surface area contributed by atoms with Gasteiger partial charge in [0.25, 0.3) is 0 Å². The average Bonchev–Trinajstić information content (AvgIpc) is 2.67. The first-order chi connectivity index (χ1) is 13.1. The van der Waals surface area contributed by atoms with Gasteiger partial charge in [-0.1, -0.05) is 24.3 Å². The van der Waals surface area contributed by atoms with Crippen LogP contribution < -0.4 is 16.4 Å². The molecule has 0 radical (unpaired) electrons. The van der Waals surface area contributed by atoms with Gasteiger partial charge in [0.1, 0.15) is 0 Å². The van der Waals surface area contributed by atoms with Crippen LogP contribution in [0.1, 0.15) is 30.9 Å². The maximum Gasteiger partial charge on any atom is 0.221 e. The fraction of sp³-hybridized carbons (Fsp3) is 0.600. The van der Waals surface area contributed by atoms with Crippen LogP contribution in [-0.4, -0.2) is 55.0 Å². The van der Waals surface area contributed by atoms with Gasteiger partial charge < -0.3 is 16.4 Å². The van der Waals surface area contributed by atoms with Crippen LogP contribution in [0.15, 0.2) is 29.3 Å². The van der Waals surface area contributed by atoms with Crippen LogP contribution in [0.3, 0.4) is 0 Å². The van der Waals surface area contributed by atoms with Crippen molar-refractivity contribution in [2.75, 3.05) is 38.2 Å². The summed E-state index contributed by atoms with van der Waals surface area (Å²) in [7, 11) is 0. The number of aliphatic imine (C=N–C) groups is 1. The zero-order valence-electron chi connectivity index (χ0n) is 16.5. The smallest absolute Gasteiger partial charge is 0.221 e. The largest absolute Gasteiger partial charge is 0.369 e. The second-order valence-corrected chi connectivity index (χ2v) is 7.90. The van der Waals surface area contributed by atoms with E-state index in [0.29, 0.717) is 6.54 Å². The van der Waals surface area contributed by atoms with E-state index in [9.17, 15) is 4.79 Å². The minimum absolute atomic E-state index is 0.0124. The van der Waals surface area contributed by atoms with Gasteiger partial charge in [-0.3, -0.25) is 9.69 Å². The quantitative estimate of drug-likeness (QED) is 0.340. The standard InChI is InChI=1S/C20H33N5OS/c1-3-22-20(23-9-11-27-2)24-13-16-6-4-7-17(12-16)14-25-10-5-8-18(15-25)19(21)26/h4,6-7,12,18H,3,5,8-11,13-15H2,1-2H3,(H2,21,26)(H2,22,23,24). The lowest BCUT2D eigenvalue weighted by Gasteiger charge is -2.31. The molecular weight excluding hydrogens is 358 g/mol. The molecule has 0 saturated carbocycles. The number of thioether (sulfide) groups is 1. The highest BCUT2D eigenvalue weighted by Crippen LogP contribution is 2.19. The van der Waals surface area contributed by atoms with Crippen LogP contribution in [0.4, 0.5) is 0 Å². The maximum atomic E-state index is 11.5. The monoisotopic (exact) mass is 391 g/mol. The Bertz CT molecular complexity index is 622. The lowest BCUT2D eigenvalue weighted by Crippen LogP contribution is -2.40. The van der Waals surface area contributed by atoms with Crippen LogP contribution in [0.5, 0.6) is 0 Å². The van der Waals surface area contributed by atoms with Gasteiger partial charge in [-0.05, 0) is 43.7 Å². The second kappa shape index (κ2) is 11.9. The number of benzene rings is 1. The molecule has 0 spiro atoms. The Labute approximate surface area is 167 Å². The number of guanidine groups is 1. The SMILES string of the molecule is CCNC(=NCc1cccc(CN2CCCC(C(N)=O)C2)c1)NCCSC. The zero-order chi connectivity index (χ0) is 19.5. The van der Waals surface area contributed by atoms with Crippen molar-refractivity contribution in [1.82, 2.24) is 15.5 Å². The number of rotatable bonds is 9. The summed E-state index contributed by atoms with van der Waals surface area (Å²) < 4.78 is 0. The molecule has 150 valence electrons. The molecule has 1 amide bonds. The van der Waals surface area contributed by atoms with Crippen molar-refractivity contribution in [3.63, 3.8) is 0 Å². The van der Waals surface area contributed by atoms with E-state index >= 15 is 0 Å². The maximum absolute atomic E-state index is 11.5. The van der Waals surface area contributed by atoms with Crippen molar-refractivity contribution in [3.05, 3.63) is 35.4 Å². The third-order valence-corrected chi connectivity index (χ3v) is 5.28. The van der Waals surface area contributed by atoms with E-state index in [1.54, 1.807) is 0 Å². The molecule has 2 rings (SSSR count). The molecule has 27 heavy (non-hydrogen) atoms. The molecule has 0 aromatic heterocycles. The summed E-state index contributed by atoms with van der Waals surface area (Å²) >= 11 is 1.82. The van der Waals surface area contributed by atoms with Crippen molar-refractivity contribution < 1.29 is 4.79 Å². The van der Waals surface area contributed by atoms with Crippen molar-refractivity contribution in [2.45, 2.75) is 32.9 Å². The second-order valence-electron chi connectivity index (χ2n) is 6.91. The summed E-state index contributed by atoms with van der Waals surface area (Å²) in [6, 6.07) is 8.55. The van der Waals surface area contributed by atoms with Gasteiger partial charge >= 0.3 is 0 Å². The number of nitrogens with one attached hydrogen (secondary N) is 2. The van der Waals surface area contributed by atoms with Gasteiger partial charge in [0.05, 0.1) is 12.5 Å². The van der Waals surface area contributed by atoms with Gasteiger partial charge in [0.15, 0.2) is 5.96 Å². The number of likely N-dealkylation sites (tertiary alicyclic amines) is 1. The number of hydrogen-bond acceptors (Lipinski definition) is 4. The van der Waals surface area contributed by atoms with E-state index in [1.165, 1.54) is 11.1 Å². The average molecular weight is 392 g/mol. The van der Waals surface area contributed by atoms with Crippen molar-refractivity contribution in [3.8, 4) is 0 Å². The molecule has 0 aliphatic carbocycles. The number of amides is 1. The molecule has 1 fully saturated rings. The van der Waals surface area contributed by atoms with Gasteiger partial charge in [-0.2, -0.15) is 11.8 Å². The number of carbonyl (C=O) groups is 1. The molecule has 1 heterocycles. The normalized spacial score (nSPS) is 18.3. The Kier molecular flexibility index (Phi) is 9.48. The zero-order valence-corrected chi connectivity index (χ0v) is 17.4. The molecule has 1 saturated heterocycles. The highest BCUT2D eigenvalue weighted by molar-refractivity contribution is 7.98. The van der Waals surface area contributed by atoms with E-state index in [-0.39, 0.29) is 11.8 Å². The molecule has 6 nitrogen and oxygen atoms in total. The highest BCUT2D eigenvalue weighted by atomic mass is 32.2. The van der Waals surface area contributed by atoms with Crippen LogP contribution >= 0.6 is 11.8 Å². The van der Waals surface area contributed by atoms with Gasteiger partial charge in [-0.25, -0.2) is 4.99 Å². The van der Waals surface area contributed by atoms with E-state index in [2.05, 4.69) is 58.0 Å². The highest BCUT2D eigenvalue weighted by Gasteiger charge is 2.23. The topological polar surface area (TPSA) is 82.8 Å². The molecule has 4 N–H and O–H groups in total. The van der Waals surface area contributed by atoms with Crippen LogP contribution in [0.25, 0.3) is 0 Å². The van der Waals surface area contributed by atoms with Gasteiger partial charge in [0, 0.05) is 31.9 Å². The Morgan fingerprint density at radius 1 is 1.37 bits per heavy atom. The lowest BCUT2D eigenvalue weighted by molar-refractivity contribution is -0.123. The van der Waals surface area contributed by atoms with E-state index in [1.807, 2.05) is 11.8 Å². The molecular formula is C20H33N5OS. The van der Waals surface area contributed by atoms with Crippen molar-refractivity contribution >= 4 is 23.6 Å². The van der Waals surface area contributed by atoms with E-state index in [4.69, 9.17) is 5.73 Å². The number of primary amides is 1. The van der Waals surface area contributed by atoms with Gasteiger partial charge in [-0.15, -0.1) is 0 Å². The molecule has 1 unspecified atom stereocenters. The lowest BCUT2D eigenvalue weighted by atomic mass is 9.97. The van der Waals surface area contributed by atoms with Crippen LogP contribution in [0.2, 0.25) is 0 Å². The third kappa shape index (κ3) is 7.81. The molecule has 1 aliphatic heterocycles. The first-order valence-corrected chi connectivity index (χ1v) is 11.1. The first-order valence-electron chi connectivity index (χ1n) is 9.73.